The van der Waals surface area contributed by atoms with Crippen molar-refractivity contribution < 1.29 is 22.1 Å². The SMILES string of the molecule is Cc1ccccc1-c1sc2cc(OS(N)(=O)=O)ccc2c1C(=O)c1ccc(OCCN2CCCCC2)cc1. The zero-order chi connectivity index (χ0) is 26.7. The van der Waals surface area contributed by atoms with Crippen LogP contribution in [0.3, 0.4) is 0 Å². The highest BCUT2D eigenvalue weighted by Gasteiger charge is 2.23. The first kappa shape index (κ1) is 26.4. The lowest BCUT2D eigenvalue weighted by Crippen LogP contribution is -2.33. The highest BCUT2D eigenvalue weighted by molar-refractivity contribution is 7.84. The summed E-state index contributed by atoms with van der Waals surface area (Å²) in [7, 11) is -4.16. The highest BCUT2D eigenvalue weighted by Crippen LogP contribution is 2.42. The molecule has 1 fully saturated rings. The molecule has 38 heavy (non-hydrogen) atoms. The number of carbonyl (C=O) groups is 1. The number of rotatable bonds is 9. The second-order valence-corrected chi connectivity index (χ2v) is 11.7. The number of nitrogens with two attached hydrogens (primary N) is 1. The Balaban J connectivity index is 1.44. The lowest BCUT2D eigenvalue weighted by Gasteiger charge is -2.26. The van der Waals surface area contributed by atoms with E-state index in [4.69, 9.17) is 14.1 Å². The summed E-state index contributed by atoms with van der Waals surface area (Å²) in [6, 6.07) is 20.0. The van der Waals surface area contributed by atoms with Gasteiger partial charge in [0.25, 0.3) is 0 Å². The number of hydrogen-bond donors (Lipinski definition) is 1. The van der Waals surface area contributed by atoms with Crippen LogP contribution in [-0.2, 0) is 10.3 Å². The molecule has 0 unspecified atom stereocenters. The highest BCUT2D eigenvalue weighted by atomic mass is 32.2. The van der Waals surface area contributed by atoms with Gasteiger partial charge in [-0.1, -0.05) is 30.7 Å². The number of fused-ring (bicyclic) bond motifs is 1. The average molecular weight is 551 g/mol. The van der Waals surface area contributed by atoms with Crippen LogP contribution in [0.5, 0.6) is 11.5 Å². The molecule has 0 amide bonds. The summed E-state index contributed by atoms with van der Waals surface area (Å²) in [6.45, 7) is 5.77. The van der Waals surface area contributed by atoms with Crippen molar-refractivity contribution in [2.45, 2.75) is 26.2 Å². The molecular weight excluding hydrogens is 520 g/mol. The van der Waals surface area contributed by atoms with Crippen LogP contribution in [0, 0.1) is 6.92 Å². The van der Waals surface area contributed by atoms with Gasteiger partial charge in [-0.3, -0.25) is 9.69 Å². The molecule has 1 aliphatic heterocycles. The van der Waals surface area contributed by atoms with Crippen molar-refractivity contribution in [1.29, 1.82) is 0 Å². The molecule has 0 radical (unpaired) electrons. The van der Waals surface area contributed by atoms with Crippen LogP contribution in [0.4, 0.5) is 0 Å². The minimum Gasteiger partial charge on any atom is -0.492 e. The fourth-order valence-corrected chi connectivity index (χ4v) is 6.52. The molecular formula is C29H30N2O5S2. The second-order valence-electron chi connectivity index (χ2n) is 9.46. The third-order valence-corrected chi connectivity index (χ3v) is 8.34. The molecule has 2 N–H and O–H groups in total. The molecule has 0 saturated carbocycles. The number of nitrogens with zero attached hydrogens (tertiary/aromatic N) is 1. The zero-order valence-electron chi connectivity index (χ0n) is 21.2. The van der Waals surface area contributed by atoms with E-state index in [1.807, 2.05) is 43.3 Å². The molecule has 5 rings (SSSR count). The topological polar surface area (TPSA) is 98.9 Å². The van der Waals surface area contributed by atoms with Gasteiger partial charge >= 0.3 is 10.3 Å². The maximum atomic E-state index is 13.9. The lowest BCUT2D eigenvalue weighted by atomic mass is 9.96. The van der Waals surface area contributed by atoms with Gasteiger partial charge in [-0.2, -0.15) is 13.6 Å². The number of benzene rings is 3. The Morgan fingerprint density at radius 1 is 0.974 bits per heavy atom. The number of carbonyl (C=O) groups excluding carboxylic acids is 1. The minimum atomic E-state index is -4.16. The third-order valence-electron chi connectivity index (χ3n) is 6.73. The zero-order valence-corrected chi connectivity index (χ0v) is 22.8. The molecule has 9 heteroatoms. The summed E-state index contributed by atoms with van der Waals surface area (Å²) < 4.78 is 34.4. The van der Waals surface area contributed by atoms with Gasteiger partial charge in [0.2, 0.25) is 0 Å². The van der Waals surface area contributed by atoms with Crippen LogP contribution in [0.1, 0.15) is 40.7 Å². The van der Waals surface area contributed by atoms with Crippen LogP contribution in [-0.4, -0.2) is 45.3 Å². The normalized spacial score (nSPS) is 14.5. The summed E-state index contributed by atoms with van der Waals surface area (Å²) in [5.74, 6) is 0.717. The van der Waals surface area contributed by atoms with Gasteiger partial charge < -0.3 is 8.92 Å². The van der Waals surface area contributed by atoms with Gasteiger partial charge in [0, 0.05) is 32.6 Å². The Bertz CT molecular complexity index is 1560. The standard InChI is InChI=1S/C29H30N2O5S2/c1-20-7-3-4-8-24(20)29-27(25-14-13-23(19-26(25)37-29)36-38(30,33)34)28(32)21-9-11-22(12-10-21)35-18-17-31-15-5-2-6-16-31/h3-4,7-14,19H,2,5-6,15-18H2,1H3,(H2,30,33,34). The van der Waals surface area contributed by atoms with E-state index in [1.165, 1.54) is 36.7 Å². The van der Waals surface area contributed by atoms with Gasteiger partial charge in [0.1, 0.15) is 18.1 Å². The summed E-state index contributed by atoms with van der Waals surface area (Å²) in [6.07, 6.45) is 3.81. The number of thiophene rings is 1. The van der Waals surface area contributed by atoms with Gasteiger partial charge in [-0.25, -0.2) is 0 Å². The molecule has 198 valence electrons. The van der Waals surface area contributed by atoms with Gasteiger partial charge in [-0.15, -0.1) is 11.3 Å². The van der Waals surface area contributed by atoms with Gasteiger partial charge in [0.15, 0.2) is 5.78 Å². The molecule has 2 heterocycles. The molecule has 3 aromatic carbocycles. The summed E-state index contributed by atoms with van der Waals surface area (Å²) in [5, 5.41) is 5.77. The Kier molecular flexibility index (Phi) is 7.80. The van der Waals surface area contributed by atoms with E-state index in [1.54, 1.807) is 24.3 Å². The molecule has 1 aliphatic rings. The predicted octanol–water partition coefficient (Wildman–Crippen LogP) is 5.55. The first-order valence-corrected chi connectivity index (χ1v) is 14.9. The van der Waals surface area contributed by atoms with Crippen molar-refractivity contribution in [2.75, 3.05) is 26.2 Å². The Morgan fingerprint density at radius 2 is 1.68 bits per heavy atom. The van der Waals surface area contributed by atoms with Crippen LogP contribution < -0.4 is 14.1 Å². The number of piperidine rings is 1. The van der Waals surface area contributed by atoms with Crippen molar-refractivity contribution in [3.63, 3.8) is 0 Å². The molecule has 0 bridgehead atoms. The van der Waals surface area contributed by atoms with E-state index in [0.29, 0.717) is 17.7 Å². The Labute approximate surface area is 227 Å². The van der Waals surface area contributed by atoms with Crippen molar-refractivity contribution in [2.24, 2.45) is 5.14 Å². The number of ether oxygens (including phenoxy) is 1. The van der Waals surface area contributed by atoms with Crippen LogP contribution >= 0.6 is 11.3 Å². The van der Waals surface area contributed by atoms with Crippen LogP contribution in [0.2, 0.25) is 0 Å². The van der Waals surface area contributed by atoms with Gasteiger partial charge in [-0.05, 0) is 86.4 Å². The number of ketones is 1. The van der Waals surface area contributed by atoms with Crippen molar-refractivity contribution in [3.8, 4) is 21.9 Å². The second kappa shape index (κ2) is 11.2. The first-order valence-electron chi connectivity index (χ1n) is 12.6. The summed E-state index contributed by atoms with van der Waals surface area (Å²) in [4.78, 5) is 17.1. The third kappa shape index (κ3) is 6.07. The van der Waals surface area contributed by atoms with E-state index in [-0.39, 0.29) is 11.5 Å². The van der Waals surface area contributed by atoms with Gasteiger partial charge in [0.05, 0.1) is 0 Å². The van der Waals surface area contributed by atoms with E-state index in [0.717, 1.165) is 51.5 Å². The number of likely N-dealkylation sites (tertiary alicyclic amines) is 1. The van der Waals surface area contributed by atoms with E-state index in [2.05, 4.69) is 4.90 Å². The van der Waals surface area contributed by atoms with Crippen molar-refractivity contribution >= 4 is 37.5 Å². The smallest absolute Gasteiger partial charge is 0.380 e. The Morgan fingerprint density at radius 3 is 2.39 bits per heavy atom. The quantitative estimate of drug-likeness (QED) is 0.274. The van der Waals surface area contributed by atoms with Crippen LogP contribution in [0.25, 0.3) is 20.5 Å². The molecule has 1 saturated heterocycles. The van der Waals surface area contributed by atoms with E-state index in [9.17, 15) is 13.2 Å². The maximum Gasteiger partial charge on any atom is 0.380 e. The van der Waals surface area contributed by atoms with Crippen molar-refractivity contribution in [3.05, 3.63) is 83.4 Å². The minimum absolute atomic E-state index is 0.0997. The molecule has 1 aromatic heterocycles. The van der Waals surface area contributed by atoms with E-state index < -0.39 is 10.3 Å². The lowest BCUT2D eigenvalue weighted by molar-refractivity contribution is 0.104. The molecule has 0 spiro atoms. The number of hydrogen-bond acceptors (Lipinski definition) is 7. The largest absolute Gasteiger partial charge is 0.492 e. The number of aryl methyl sites for hydroxylation is 1. The average Bonchev–Trinajstić information content (AvgIpc) is 3.27. The molecule has 7 nitrogen and oxygen atoms in total. The fourth-order valence-electron chi connectivity index (χ4n) is 4.83. The summed E-state index contributed by atoms with van der Waals surface area (Å²) in [5.41, 5.74) is 3.10. The first-order chi connectivity index (χ1) is 18.3. The molecule has 0 atom stereocenters. The molecule has 4 aromatic rings. The maximum absolute atomic E-state index is 13.9. The monoisotopic (exact) mass is 550 g/mol. The molecule has 0 aliphatic carbocycles. The van der Waals surface area contributed by atoms with E-state index >= 15 is 0 Å². The summed E-state index contributed by atoms with van der Waals surface area (Å²) >= 11 is 1.42. The van der Waals surface area contributed by atoms with Crippen molar-refractivity contribution in [1.82, 2.24) is 4.90 Å². The Hall–Kier alpha value is -3.24. The predicted molar refractivity (Wildman–Crippen MR) is 151 cm³/mol. The fraction of sp³-hybridized carbons (Fsp3) is 0.276. The van der Waals surface area contributed by atoms with Crippen LogP contribution in [0.15, 0.2) is 66.7 Å².